The molecule has 2 heterocycles. The molecule has 1 aromatic heterocycles. The van der Waals surface area contributed by atoms with Gasteiger partial charge in [0.15, 0.2) is 0 Å². The Labute approximate surface area is 188 Å². The van der Waals surface area contributed by atoms with Crippen molar-refractivity contribution in [1.29, 1.82) is 0 Å². The molecule has 3 aromatic rings. The Balaban J connectivity index is 1.41. The van der Waals surface area contributed by atoms with Crippen LogP contribution in [0.15, 0.2) is 60.9 Å². The first-order valence-corrected chi connectivity index (χ1v) is 11.6. The fraction of sp³-hybridized carbons (Fsp3) is 0.423. The molecule has 2 aliphatic rings. The smallest absolute Gasteiger partial charge is 0.227 e. The van der Waals surface area contributed by atoms with Crippen molar-refractivity contribution < 1.29 is 9.18 Å². The number of carbonyl (C=O) groups excluding carboxylic acids is 1. The van der Waals surface area contributed by atoms with E-state index >= 15 is 0 Å². The summed E-state index contributed by atoms with van der Waals surface area (Å²) in [4.78, 5) is 15.1. The van der Waals surface area contributed by atoms with E-state index in [0.29, 0.717) is 12.1 Å². The second-order valence-corrected chi connectivity index (χ2v) is 9.32. The Kier molecular flexibility index (Phi) is 5.77. The third-order valence-electron chi connectivity index (χ3n) is 7.30. The number of carbonyl (C=O) groups is 1. The van der Waals surface area contributed by atoms with E-state index in [9.17, 15) is 9.18 Å². The van der Waals surface area contributed by atoms with Crippen LogP contribution in [0.1, 0.15) is 55.0 Å². The third kappa shape index (κ3) is 4.06. The van der Waals surface area contributed by atoms with E-state index in [1.807, 2.05) is 29.4 Å². The van der Waals surface area contributed by atoms with E-state index in [1.54, 1.807) is 18.2 Å². The summed E-state index contributed by atoms with van der Waals surface area (Å²) in [5.41, 5.74) is 1.70. The third-order valence-corrected chi connectivity index (χ3v) is 7.30. The molecular weight excluding hydrogens is 403 g/mol. The molecule has 5 rings (SSSR count). The lowest BCUT2D eigenvalue weighted by atomic mass is 9.67. The monoisotopic (exact) mass is 432 g/mol. The maximum absolute atomic E-state index is 14.2. The normalized spacial score (nSPS) is 20.0. The Morgan fingerprint density at radius 3 is 2.56 bits per heavy atom. The highest BCUT2D eigenvalue weighted by Crippen LogP contribution is 2.51. The van der Waals surface area contributed by atoms with Crippen molar-refractivity contribution in [3.8, 4) is 0 Å². The van der Waals surface area contributed by atoms with Gasteiger partial charge in [-0.3, -0.25) is 4.79 Å². The lowest BCUT2D eigenvalue weighted by molar-refractivity contribution is -0.130. The number of amides is 1. The maximum atomic E-state index is 14.2. The van der Waals surface area contributed by atoms with Gasteiger partial charge in [0.05, 0.1) is 13.0 Å². The minimum atomic E-state index is -0.313. The Morgan fingerprint density at radius 1 is 1.03 bits per heavy atom. The summed E-state index contributed by atoms with van der Waals surface area (Å²) in [6.07, 6.45) is 7.71. The quantitative estimate of drug-likeness (QED) is 0.593. The number of nitrogens with zero attached hydrogens (tertiary/aromatic N) is 4. The SMILES string of the molecule is O=C(Cc1ccccc1F)N1CC(c2nncn2Cc2ccccc2)C2(CCCCC2)C1. The van der Waals surface area contributed by atoms with Crippen LogP contribution in [0.4, 0.5) is 4.39 Å². The summed E-state index contributed by atoms with van der Waals surface area (Å²) < 4.78 is 16.3. The molecule has 1 amide bonds. The van der Waals surface area contributed by atoms with E-state index in [1.165, 1.54) is 30.9 Å². The van der Waals surface area contributed by atoms with Crippen LogP contribution in [0.3, 0.4) is 0 Å². The van der Waals surface area contributed by atoms with Gasteiger partial charge in [-0.15, -0.1) is 10.2 Å². The molecule has 0 radical (unpaired) electrons. The predicted octanol–water partition coefficient (Wildman–Crippen LogP) is 4.58. The van der Waals surface area contributed by atoms with Gasteiger partial charge in [0.1, 0.15) is 18.0 Å². The fourth-order valence-electron chi connectivity index (χ4n) is 5.63. The van der Waals surface area contributed by atoms with Gasteiger partial charge in [-0.05, 0) is 35.4 Å². The van der Waals surface area contributed by atoms with Crippen LogP contribution in [0.2, 0.25) is 0 Å². The molecule has 0 N–H and O–H groups in total. The number of benzene rings is 2. The van der Waals surface area contributed by atoms with Crippen LogP contribution in [-0.4, -0.2) is 38.7 Å². The second kappa shape index (κ2) is 8.85. The van der Waals surface area contributed by atoms with Crippen LogP contribution < -0.4 is 0 Å². The molecule has 6 heteroatoms. The number of aromatic nitrogens is 3. The van der Waals surface area contributed by atoms with Crippen molar-refractivity contribution in [2.75, 3.05) is 13.1 Å². The standard InChI is InChI=1S/C26H29FN4O/c27-23-12-6-5-11-21(23)15-24(32)30-17-22(26(18-30)13-7-2-8-14-26)25-29-28-19-31(25)16-20-9-3-1-4-10-20/h1,3-6,9-12,19,22H,2,7-8,13-18H2. The number of likely N-dealkylation sites (tertiary alicyclic amines) is 1. The van der Waals surface area contributed by atoms with Crippen molar-refractivity contribution >= 4 is 5.91 Å². The van der Waals surface area contributed by atoms with Crippen LogP contribution >= 0.6 is 0 Å². The van der Waals surface area contributed by atoms with Gasteiger partial charge >= 0.3 is 0 Å². The molecular formula is C26H29FN4O. The van der Waals surface area contributed by atoms with Crippen molar-refractivity contribution in [3.63, 3.8) is 0 Å². The number of rotatable bonds is 5. The van der Waals surface area contributed by atoms with Gasteiger partial charge in [-0.2, -0.15) is 0 Å². The summed E-state index contributed by atoms with van der Waals surface area (Å²) >= 11 is 0. The van der Waals surface area contributed by atoms with E-state index in [-0.39, 0.29) is 29.5 Å². The van der Waals surface area contributed by atoms with Crippen LogP contribution in [0.25, 0.3) is 0 Å². The molecule has 5 nitrogen and oxygen atoms in total. The van der Waals surface area contributed by atoms with Gasteiger partial charge in [0.2, 0.25) is 5.91 Å². The molecule has 32 heavy (non-hydrogen) atoms. The summed E-state index contributed by atoms with van der Waals surface area (Å²) in [5, 5.41) is 8.80. The Hall–Kier alpha value is -3.02. The highest BCUT2D eigenvalue weighted by Gasteiger charge is 2.50. The van der Waals surface area contributed by atoms with Crippen molar-refractivity contribution in [1.82, 2.24) is 19.7 Å². The van der Waals surface area contributed by atoms with Gasteiger partial charge < -0.3 is 9.47 Å². The zero-order chi connectivity index (χ0) is 22.0. The van der Waals surface area contributed by atoms with E-state index in [0.717, 1.165) is 31.8 Å². The topological polar surface area (TPSA) is 51.0 Å². The minimum absolute atomic E-state index is 0.00308. The highest BCUT2D eigenvalue weighted by atomic mass is 19.1. The second-order valence-electron chi connectivity index (χ2n) is 9.32. The first kappa shape index (κ1) is 20.9. The maximum Gasteiger partial charge on any atom is 0.227 e. The van der Waals surface area contributed by atoms with Crippen LogP contribution in [0.5, 0.6) is 0 Å². The summed E-state index contributed by atoms with van der Waals surface area (Å²) in [7, 11) is 0. The molecule has 1 atom stereocenters. The van der Waals surface area contributed by atoms with Crippen LogP contribution in [-0.2, 0) is 17.8 Å². The summed E-state index contributed by atoms with van der Waals surface area (Å²) in [5.74, 6) is 0.804. The number of hydrogen-bond donors (Lipinski definition) is 0. The average molecular weight is 433 g/mol. The lowest BCUT2D eigenvalue weighted by Crippen LogP contribution is -2.35. The number of hydrogen-bond acceptors (Lipinski definition) is 3. The fourth-order valence-corrected chi connectivity index (χ4v) is 5.63. The highest BCUT2D eigenvalue weighted by molar-refractivity contribution is 5.79. The first-order valence-electron chi connectivity index (χ1n) is 11.6. The van der Waals surface area contributed by atoms with Crippen molar-refractivity contribution in [3.05, 3.63) is 83.7 Å². The molecule has 0 bridgehead atoms. The zero-order valence-electron chi connectivity index (χ0n) is 18.3. The molecule has 1 unspecified atom stereocenters. The number of halogens is 1. The predicted molar refractivity (Wildman–Crippen MR) is 121 cm³/mol. The first-order chi connectivity index (χ1) is 15.6. The van der Waals surface area contributed by atoms with Crippen molar-refractivity contribution in [2.45, 2.75) is 51.0 Å². The van der Waals surface area contributed by atoms with Gasteiger partial charge in [0.25, 0.3) is 0 Å². The lowest BCUT2D eigenvalue weighted by Gasteiger charge is -2.37. The Morgan fingerprint density at radius 2 is 1.78 bits per heavy atom. The molecule has 166 valence electrons. The van der Waals surface area contributed by atoms with E-state index in [4.69, 9.17) is 0 Å². The summed E-state index contributed by atoms with van der Waals surface area (Å²) in [6.45, 7) is 2.07. The molecule has 1 aliphatic heterocycles. The molecule has 1 spiro atoms. The van der Waals surface area contributed by atoms with Gasteiger partial charge in [0, 0.05) is 19.0 Å². The van der Waals surface area contributed by atoms with E-state index < -0.39 is 0 Å². The average Bonchev–Trinajstić information content (AvgIpc) is 3.41. The molecule has 1 saturated heterocycles. The zero-order valence-corrected chi connectivity index (χ0v) is 18.3. The van der Waals surface area contributed by atoms with E-state index in [2.05, 4.69) is 26.9 Å². The Bertz CT molecular complexity index is 1070. The van der Waals surface area contributed by atoms with Crippen molar-refractivity contribution in [2.24, 2.45) is 5.41 Å². The van der Waals surface area contributed by atoms with Gasteiger partial charge in [-0.1, -0.05) is 67.8 Å². The molecule has 2 fully saturated rings. The van der Waals surface area contributed by atoms with Crippen LogP contribution in [0, 0.1) is 11.2 Å². The minimum Gasteiger partial charge on any atom is -0.341 e. The largest absolute Gasteiger partial charge is 0.341 e. The summed E-state index contributed by atoms with van der Waals surface area (Å²) in [6, 6.07) is 16.9. The van der Waals surface area contributed by atoms with Gasteiger partial charge in [-0.25, -0.2) is 4.39 Å². The molecule has 1 saturated carbocycles. The molecule has 1 aliphatic carbocycles. The molecule has 2 aromatic carbocycles.